The molecule has 9 heteroatoms. The zero-order valence-electron chi connectivity index (χ0n) is 14.2. The van der Waals surface area contributed by atoms with Crippen LogP contribution < -0.4 is 10.6 Å². The van der Waals surface area contributed by atoms with Crippen molar-refractivity contribution in [2.45, 2.75) is 13.5 Å². The molecule has 0 aliphatic rings. The lowest BCUT2D eigenvalue weighted by molar-refractivity contribution is 0.101. The van der Waals surface area contributed by atoms with Gasteiger partial charge in [-0.25, -0.2) is 0 Å². The Balaban J connectivity index is 1.71. The molecule has 3 rings (SSSR count). The van der Waals surface area contributed by atoms with Gasteiger partial charge in [-0.3, -0.25) is 19.0 Å². The van der Waals surface area contributed by atoms with Crippen LogP contribution in [0.1, 0.15) is 27.9 Å². The summed E-state index contributed by atoms with van der Waals surface area (Å²) in [6.45, 7) is 2.51. The van der Waals surface area contributed by atoms with Crippen LogP contribution in [-0.2, 0) is 13.6 Å². The average Bonchev–Trinajstić information content (AvgIpc) is 3.21. The van der Waals surface area contributed by atoms with E-state index in [9.17, 15) is 9.59 Å². The SMILES string of the molecule is CCn1cc(Cl)c(C(=O)Nc2cccc(NC(=O)c3ccn(C)n3)c2)n1. The molecule has 2 aromatic heterocycles. The summed E-state index contributed by atoms with van der Waals surface area (Å²) in [7, 11) is 1.73. The van der Waals surface area contributed by atoms with E-state index in [4.69, 9.17) is 11.6 Å². The molecular formula is C17H17ClN6O2. The maximum atomic E-state index is 12.4. The Morgan fingerprint density at radius 3 is 2.38 bits per heavy atom. The standard InChI is InChI=1S/C17H17ClN6O2/c1-3-24-10-13(18)15(22-24)17(26)20-12-6-4-5-11(9-12)19-16(25)14-7-8-23(2)21-14/h4-10H,3H2,1-2H3,(H,19,25)(H,20,26). The van der Waals surface area contributed by atoms with Crippen LogP contribution in [-0.4, -0.2) is 31.4 Å². The maximum Gasteiger partial charge on any atom is 0.277 e. The van der Waals surface area contributed by atoms with Crippen LogP contribution >= 0.6 is 11.6 Å². The number of nitrogens with zero attached hydrogens (tertiary/aromatic N) is 4. The Kier molecular flexibility index (Phi) is 5.04. The number of rotatable bonds is 5. The third kappa shape index (κ3) is 3.92. The van der Waals surface area contributed by atoms with Crippen LogP contribution in [0, 0.1) is 0 Å². The largest absolute Gasteiger partial charge is 0.321 e. The van der Waals surface area contributed by atoms with Crippen molar-refractivity contribution in [2.75, 3.05) is 10.6 Å². The minimum absolute atomic E-state index is 0.149. The molecule has 0 aliphatic heterocycles. The van der Waals surface area contributed by atoms with Gasteiger partial charge in [0.15, 0.2) is 11.4 Å². The molecule has 0 fully saturated rings. The third-order valence-electron chi connectivity index (χ3n) is 3.58. The Labute approximate surface area is 154 Å². The monoisotopic (exact) mass is 372 g/mol. The van der Waals surface area contributed by atoms with Gasteiger partial charge in [0.25, 0.3) is 11.8 Å². The molecule has 1 aromatic carbocycles. The lowest BCUT2D eigenvalue weighted by Crippen LogP contribution is -2.15. The van der Waals surface area contributed by atoms with Crippen molar-refractivity contribution in [2.24, 2.45) is 7.05 Å². The van der Waals surface area contributed by atoms with Crippen molar-refractivity contribution in [1.82, 2.24) is 19.6 Å². The smallest absolute Gasteiger partial charge is 0.277 e. The van der Waals surface area contributed by atoms with Gasteiger partial charge in [0.05, 0.1) is 5.02 Å². The Morgan fingerprint density at radius 2 is 1.81 bits per heavy atom. The molecule has 0 unspecified atom stereocenters. The van der Waals surface area contributed by atoms with Crippen LogP contribution in [0.15, 0.2) is 42.7 Å². The van der Waals surface area contributed by atoms with Crippen molar-refractivity contribution >= 4 is 34.8 Å². The minimum atomic E-state index is -0.421. The van der Waals surface area contributed by atoms with E-state index in [2.05, 4.69) is 20.8 Å². The number of aryl methyl sites for hydroxylation is 2. The second kappa shape index (κ2) is 7.40. The number of carbonyl (C=O) groups is 2. The molecule has 8 nitrogen and oxygen atoms in total. The summed E-state index contributed by atoms with van der Waals surface area (Å²) in [6, 6.07) is 8.40. The topological polar surface area (TPSA) is 93.8 Å². The third-order valence-corrected chi connectivity index (χ3v) is 3.86. The molecule has 0 bridgehead atoms. The van der Waals surface area contributed by atoms with Crippen molar-refractivity contribution in [3.8, 4) is 0 Å². The fourth-order valence-corrected chi connectivity index (χ4v) is 2.55. The van der Waals surface area contributed by atoms with E-state index in [1.165, 1.54) is 0 Å². The van der Waals surface area contributed by atoms with E-state index in [1.807, 2.05) is 6.92 Å². The number of nitrogens with one attached hydrogen (secondary N) is 2. The van der Waals surface area contributed by atoms with Gasteiger partial charge in [-0.2, -0.15) is 10.2 Å². The van der Waals surface area contributed by atoms with Crippen molar-refractivity contribution < 1.29 is 9.59 Å². The highest BCUT2D eigenvalue weighted by Gasteiger charge is 2.16. The van der Waals surface area contributed by atoms with Crippen LogP contribution in [0.2, 0.25) is 5.02 Å². The summed E-state index contributed by atoms with van der Waals surface area (Å²) in [5.41, 5.74) is 1.50. The second-order valence-electron chi connectivity index (χ2n) is 5.55. The zero-order chi connectivity index (χ0) is 18.7. The van der Waals surface area contributed by atoms with Crippen molar-refractivity contribution in [1.29, 1.82) is 0 Å². The summed E-state index contributed by atoms with van der Waals surface area (Å²) >= 11 is 6.04. The van der Waals surface area contributed by atoms with Gasteiger partial charge in [0, 0.05) is 37.4 Å². The predicted molar refractivity (Wildman–Crippen MR) is 98.5 cm³/mol. The number of anilines is 2. The van der Waals surface area contributed by atoms with E-state index in [1.54, 1.807) is 59.1 Å². The fraction of sp³-hybridized carbons (Fsp3) is 0.176. The molecule has 0 saturated carbocycles. The normalized spacial score (nSPS) is 10.6. The number of amides is 2. The van der Waals surface area contributed by atoms with Gasteiger partial charge >= 0.3 is 0 Å². The van der Waals surface area contributed by atoms with E-state index in [0.29, 0.717) is 23.6 Å². The molecule has 2 N–H and O–H groups in total. The van der Waals surface area contributed by atoms with E-state index >= 15 is 0 Å². The number of hydrogen-bond donors (Lipinski definition) is 2. The first-order valence-electron chi connectivity index (χ1n) is 7.91. The molecule has 2 amide bonds. The number of hydrogen-bond acceptors (Lipinski definition) is 4. The fourth-order valence-electron chi connectivity index (χ4n) is 2.31. The van der Waals surface area contributed by atoms with Gasteiger partial charge in [0.2, 0.25) is 0 Å². The maximum absolute atomic E-state index is 12.4. The van der Waals surface area contributed by atoms with Crippen molar-refractivity contribution in [3.05, 3.63) is 59.1 Å². The van der Waals surface area contributed by atoms with Crippen LogP contribution in [0.25, 0.3) is 0 Å². The predicted octanol–water partition coefficient (Wildman–Crippen LogP) is 2.79. The molecular weight excluding hydrogens is 356 g/mol. The number of benzene rings is 1. The molecule has 0 spiro atoms. The lowest BCUT2D eigenvalue weighted by atomic mass is 10.2. The van der Waals surface area contributed by atoms with Crippen LogP contribution in [0.3, 0.4) is 0 Å². The highest BCUT2D eigenvalue weighted by Crippen LogP contribution is 2.19. The first kappa shape index (κ1) is 17.7. The molecule has 0 radical (unpaired) electrons. The van der Waals surface area contributed by atoms with Gasteiger partial charge in [-0.1, -0.05) is 17.7 Å². The first-order valence-corrected chi connectivity index (χ1v) is 8.29. The first-order chi connectivity index (χ1) is 12.5. The minimum Gasteiger partial charge on any atom is -0.321 e. The van der Waals surface area contributed by atoms with E-state index in [0.717, 1.165) is 0 Å². The van der Waals surface area contributed by atoms with E-state index < -0.39 is 5.91 Å². The Bertz CT molecular complexity index is 962. The summed E-state index contributed by atoms with van der Waals surface area (Å²) in [5.74, 6) is -0.755. The molecule has 0 saturated heterocycles. The van der Waals surface area contributed by atoms with Gasteiger partial charge in [0.1, 0.15) is 0 Å². The second-order valence-corrected chi connectivity index (χ2v) is 5.95. The molecule has 26 heavy (non-hydrogen) atoms. The number of carbonyl (C=O) groups excluding carboxylic acids is 2. The quantitative estimate of drug-likeness (QED) is 0.720. The van der Waals surface area contributed by atoms with Crippen LogP contribution in [0.4, 0.5) is 11.4 Å². The summed E-state index contributed by atoms with van der Waals surface area (Å²) < 4.78 is 3.13. The number of aromatic nitrogens is 4. The zero-order valence-corrected chi connectivity index (χ0v) is 15.0. The molecule has 2 heterocycles. The molecule has 0 atom stereocenters. The molecule has 0 aliphatic carbocycles. The van der Waals surface area contributed by atoms with Crippen molar-refractivity contribution in [3.63, 3.8) is 0 Å². The highest BCUT2D eigenvalue weighted by molar-refractivity contribution is 6.34. The number of halogens is 1. The van der Waals surface area contributed by atoms with Crippen LogP contribution in [0.5, 0.6) is 0 Å². The Hall–Kier alpha value is -3.13. The summed E-state index contributed by atoms with van der Waals surface area (Å²) in [4.78, 5) is 24.5. The van der Waals surface area contributed by atoms with Gasteiger partial charge < -0.3 is 10.6 Å². The van der Waals surface area contributed by atoms with Gasteiger partial charge in [-0.05, 0) is 31.2 Å². The average molecular weight is 373 g/mol. The highest BCUT2D eigenvalue weighted by atomic mass is 35.5. The molecule has 134 valence electrons. The molecule has 3 aromatic rings. The Morgan fingerprint density at radius 1 is 1.12 bits per heavy atom. The summed E-state index contributed by atoms with van der Waals surface area (Å²) in [6.07, 6.45) is 3.28. The lowest BCUT2D eigenvalue weighted by Gasteiger charge is -2.07. The van der Waals surface area contributed by atoms with Gasteiger partial charge in [-0.15, -0.1) is 0 Å². The van der Waals surface area contributed by atoms with E-state index in [-0.39, 0.29) is 16.6 Å². The summed E-state index contributed by atoms with van der Waals surface area (Å²) in [5, 5.41) is 13.9.